The maximum absolute atomic E-state index is 12.6. The van der Waals surface area contributed by atoms with Crippen LogP contribution in [-0.2, 0) is 16.5 Å². The lowest BCUT2D eigenvalue weighted by atomic mass is 10.1. The first-order valence-corrected chi connectivity index (χ1v) is 11.3. The van der Waals surface area contributed by atoms with Crippen molar-refractivity contribution in [3.63, 3.8) is 0 Å². The van der Waals surface area contributed by atoms with Crippen LogP contribution in [0.4, 0.5) is 5.69 Å². The fourth-order valence-electron chi connectivity index (χ4n) is 3.07. The molecule has 0 aromatic heterocycles. The molecule has 0 unspecified atom stereocenters. The van der Waals surface area contributed by atoms with Crippen LogP contribution in [0.1, 0.15) is 22.3 Å². The zero-order chi connectivity index (χ0) is 23.1. The van der Waals surface area contributed by atoms with Gasteiger partial charge in [0.2, 0.25) is 0 Å². The molecule has 0 aliphatic heterocycles. The second-order valence-corrected chi connectivity index (χ2v) is 8.68. The van der Waals surface area contributed by atoms with Gasteiger partial charge in [0.25, 0.3) is 11.6 Å². The van der Waals surface area contributed by atoms with E-state index in [0.717, 1.165) is 18.9 Å². The van der Waals surface area contributed by atoms with Crippen LogP contribution in [0.25, 0.3) is 0 Å². The van der Waals surface area contributed by atoms with E-state index in [-0.39, 0.29) is 22.2 Å². The van der Waals surface area contributed by atoms with E-state index >= 15 is 0 Å². The number of rotatable bonds is 9. The Morgan fingerprint density at radius 2 is 1.69 bits per heavy atom. The molecule has 9 heteroatoms. The van der Waals surface area contributed by atoms with Crippen LogP contribution in [0.3, 0.4) is 0 Å². The Bertz CT molecular complexity index is 1190. The average molecular weight is 455 g/mol. The van der Waals surface area contributed by atoms with Crippen molar-refractivity contribution in [1.82, 2.24) is 4.90 Å². The van der Waals surface area contributed by atoms with E-state index in [1.807, 2.05) is 30.3 Å². The minimum Gasteiger partial charge on any atom is -0.379 e. The fraction of sp³-hybridized carbons (Fsp3) is 0.174. The van der Waals surface area contributed by atoms with Gasteiger partial charge in [-0.3, -0.25) is 14.9 Å². The topological polar surface area (TPSA) is 107 Å². The van der Waals surface area contributed by atoms with E-state index in [1.54, 1.807) is 11.9 Å². The summed E-state index contributed by atoms with van der Waals surface area (Å²) in [5, 5.41) is 10.9. The number of carbonyl (C=O) groups is 1. The van der Waals surface area contributed by atoms with Crippen LogP contribution in [0.5, 0.6) is 5.75 Å². The van der Waals surface area contributed by atoms with Crippen molar-refractivity contribution in [3.8, 4) is 5.75 Å². The van der Waals surface area contributed by atoms with E-state index < -0.39 is 15.0 Å². The molecule has 0 spiro atoms. The smallest absolute Gasteiger partial charge is 0.339 e. The number of hydrogen-bond acceptors (Lipinski definition) is 6. The van der Waals surface area contributed by atoms with Gasteiger partial charge in [0.05, 0.1) is 4.92 Å². The van der Waals surface area contributed by atoms with Crippen molar-refractivity contribution >= 4 is 21.7 Å². The zero-order valence-corrected chi connectivity index (χ0v) is 18.2. The number of benzene rings is 3. The Labute approximate surface area is 186 Å². The van der Waals surface area contributed by atoms with Gasteiger partial charge in [-0.1, -0.05) is 36.4 Å². The van der Waals surface area contributed by atoms with Gasteiger partial charge >= 0.3 is 10.1 Å². The molecule has 32 heavy (non-hydrogen) atoms. The number of nitro groups is 1. The molecular formula is C23H22N2O6S. The Kier molecular flexibility index (Phi) is 7.21. The molecule has 0 aliphatic rings. The largest absolute Gasteiger partial charge is 0.379 e. The minimum absolute atomic E-state index is 0.000197. The van der Waals surface area contributed by atoms with E-state index in [2.05, 4.69) is 0 Å². The molecule has 166 valence electrons. The van der Waals surface area contributed by atoms with Crippen LogP contribution in [0.15, 0.2) is 83.8 Å². The summed E-state index contributed by atoms with van der Waals surface area (Å²) in [7, 11) is -2.54. The van der Waals surface area contributed by atoms with E-state index in [1.165, 1.54) is 48.0 Å². The van der Waals surface area contributed by atoms with Crippen molar-refractivity contribution in [1.29, 1.82) is 0 Å². The van der Waals surface area contributed by atoms with Crippen LogP contribution >= 0.6 is 0 Å². The zero-order valence-electron chi connectivity index (χ0n) is 17.4. The van der Waals surface area contributed by atoms with Crippen LogP contribution in [0.2, 0.25) is 0 Å². The Balaban J connectivity index is 1.60. The van der Waals surface area contributed by atoms with E-state index in [4.69, 9.17) is 4.18 Å². The number of amides is 1. The summed E-state index contributed by atoms with van der Waals surface area (Å²) in [6.07, 6.45) is 1.68. The summed E-state index contributed by atoms with van der Waals surface area (Å²) in [5.74, 6) is -0.189. The molecule has 0 radical (unpaired) electrons. The molecule has 0 bridgehead atoms. The summed E-state index contributed by atoms with van der Waals surface area (Å²) < 4.78 is 29.9. The molecule has 0 saturated carbocycles. The summed E-state index contributed by atoms with van der Waals surface area (Å²) in [5.41, 5.74) is 1.25. The normalized spacial score (nSPS) is 11.0. The third kappa shape index (κ3) is 5.92. The third-order valence-electron chi connectivity index (χ3n) is 4.77. The molecule has 0 N–H and O–H groups in total. The van der Waals surface area contributed by atoms with Gasteiger partial charge in [0, 0.05) is 31.3 Å². The van der Waals surface area contributed by atoms with Gasteiger partial charge in [0.1, 0.15) is 10.6 Å². The molecule has 3 rings (SSSR count). The average Bonchev–Trinajstić information content (AvgIpc) is 2.79. The van der Waals surface area contributed by atoms with Crippen molar-refractivity contribution in [2.24, 2.45) is 0 Å². The third-order valence-corrected chi connectivity index (χ3v) is 6.02. The fourth-order valence-corrected chi connectivity index (χ4v) is 4.04. The lowest BCUT2D eigenvalue weighted by Crippen LogP contribution is -2.28. The first-order chi connectivity index (χ1) is 15.3. The number of nitro benzene ring substituents is 1. The Morgan fingerprint density at radius 3 is 2.34 bits per heavy atom. The van der Waals surface area contributed by atoms with Gasteiger partial charge in [-0.25, -0.2) is 0 Å². The van der Waals surface area contributed by atoms with Gasteiger partial charge in [0.15, 0.2) is 0 Å². The SMILES string of the molecule is CN(CCCc1ccccc1)C(=O)c1ccc(OS(=O)(=O)c2cccc([N+](=O)[O-])c2)cc1. The molecule has 0 fully saturated rings. The van der Waals surface area contributed by atoms with E-state index in [0.29, 0.717) is 12.1 Å². The number of carbonyl (C=O) groups excluding carboxylic acids is 1. The van der Waals surface area contributed by atoms with Gasteiger partial charge in [-0.2, -0.15) is 8.42 Å². The molecule has 0 atom stereocenters. The number of aryl methyl sites for hydroxylation is 1. The molecule has 0 heterocycles. The van der Waals surface area contributed by atoms with Gasteiger partial charge in [-0.15, -0.1) is 0 Å². The lowest BCUT2D eigenvalue weighted by Gasteiger charge is -2.17. The van der Waals surface area contributed by atoms with Crippen molar-refractivity contribution in [2.75, 3.05) is 13.6 Å². The summed E-state index contributed by atoms with van der Waals surface area (Å²) in [6.45, 7) is 0.577. The minimum atomic E-state index is -4.26. The highest BCUT2D eigenvalue weighted by Crippen LogP contribution is 2.22. The predicted octanol–water partition coefficient (Wildman–Crippen LogP) is 4.07. The van der Waals surface area contributed by atoms with Crippen molar-refractivity contribution in [2.45, 2.75) is 17.7 Å². The summed E-state index contributed by atoms with van der Waals surface area (Å²) in [4.78, 5) is 24.1. The predicted molar refractivity (Wildman–Crippen MR) is 119 cm³/mol. The number of non-ortho nitro benzene ring substituents is 1. The molecule has 8 nitrogen and oxygen atoms in total. The van der Waals surface area contributed by atoms with Gasteiger partial charge in [-0.05, 0) is 48.7 Å². The van der Waals surface area contributed by atoms with Gasteiger partial charge < -0.3 is 9.08 Å². The first-order valence-electron chi connectivity index (χ1n) is 9.85. The monoisotopic (exact) mass is 454 g/mol. The van der Waals surface area contributed by atoms with E-state index in [9.17, 15) is 23.3 Å². The highest BCUT2D eigenvalue weighted by Gasteiger charge is 2.20. The number of hydrogen-bond donors (Lipinski definition) is 0. The second kappa shape index (κ2) is 10.1. The molecule has 3 aromatic rings. The van der Waals surface area contributed by atoms with Crippen LogP contribution in [-0.4, -0.2) is 37.7 Å². The molecule has 1 amide bonds. The second-order valence-electron chi connectivity index (χ2n) is 7.13. The molecule has 0 aliphatic carbocycles. The Hall–Kier alpha value is -3.72. The molecule has 0 saturated heterocycles. The van der Waals surface area contributed by atoms with Crippen molar-refractivity contribution in [3.05, 3.63) is 100 Å². The standard InChI is InChI=1S/C23H22N2O6S/c1-24(16-6-9-18-7-3-2-4-8-18)23(26)19-12-14-21(15-13-19)31-32(29,30)22-11-5-10-20(17-22)25(27)28/h2-5,7-8,10-15,17H,6,9,16H2,1H3. The highest BCUT2D eigenvalue weighted by molar-refractivity contribution is 7.87. The van der Waals surface area contributed by atoms with Crippen LogP contribution in [0, 0.1) is 10.1 Å². The first kappa shape index (κ1) is 23.0. The maximum atomic E-state index is 12.6. The summed E-state index contributed by atoms with van der Waals surface area (Å²) >= 11 is 0. The van der Waals surface area contributed by atoms with Crippen molar-refractivity contribution < 1.29 is 22.3 Å². The molecule has 3 aromatic carbocycles. The number of nitrogens with zero attached hydrogens (tertiary/aromatic N) is 2. The Morgan fingerprint density at radius 1 is 1.00 bits per heavy atom. The highest BCUT2D eigenvalue weighted by atomic mass is 32.2. The summed E-state index contributed by atoms with van der Waals surface area (Å²) in [6, 6.07) is 20.3. The van der Waals surface area contributed by atoms with Crippen LogP contribution < -0.4 is 4.18 Å². The lowest BCUT2D eigenvalue weighted by molar-refractivity contribution is -0.385. The quantitative estimate of drug-likeness (QED) is 0.274. The molecular weight excluding hydrogens is 432 g/mol. The maximum Gasteiger partial charge on any atom is 0.339 e.